The molecule has 0 aliphatic carbocycles. The van der Waals surface area contributed by atoms with Gasteiger partial charge in [-0.05, 0) is 30.4 Å². The van der Waals surface area contributed by atoms with E-state index in [0.717, 1.165) is 43.8 Å². The lowest BCUT2D eigenvalue weighted by Crippen LogP contribution is -2.57. The van der Waals surface area contributed by atoms with Crippen LogP contribution in [-0.4, -0.2) is 67.5 Å². The fraction of sp³-hybridized carbons (Fsp3) is 0.600. The molecule has 1 aromatic rings. The number of carbonyl (C=O) groups is 2. The largest absolute Gasteiger partial charge is 0.496 e. The van der Waals surface area contributed by atoms with Gasteiger partial charge >= 0.3 is 0 Å². The summed E-state index contributed by atoms with van der Waals surface area (Å²) in [6, 6.07) is 8.03. The van der Waals surface area contributed by atoms with E-state index in [1.807, 2.05) is 34.1 Å². The molecule has 1 aromatic carbocycles. The number of methoxy groups -OCH3 is 1. The fourth-order valence-corrected chi connectivity index (χ4v) is 4.02. The molecule has 0 bridgehead atoms. The first-order valence-corrected chi connectivity index (χ1v) is 9.51. The number of nitrogens with one attached hydrogen (secondary N) is 1. The third kappa shape index (κ3) is 4.18. The highest BCUT2D eigenvalue weighted by atomic mass is 16.5. The summed E-state index contributed by atoms with van der Waals surface area (Å²) in [6.07, 6.45) is 2.40. The number of amides is 2. The van der Waals surface area contributed by atoms with Crippen molar-refractivity contribution in [3.63, 3.8) is 0 Å². The minimum atomic E-state index is 0.0971. The zero-order chi connectivity index (χ0) is 18.5. The fourth-order valence-electron chi connectivity index (χ4n) is 4.02. The van der Waals surface area contributed by atoms with Gasteiger partial charge in [0.1, 0.15) is 5.75 Å². The summed E-state index contributed by atoms with van der Waals surface area (Å²) in [6.45, 7) is 5.49. The molecule has 26 heavy (non-hydrogen) atoms. The van der Waals surface area contributed by atoms with Gasteiger partial charge in [0.05, 0.1) is 13.7 Å². The number of nitrogens with zero attached hydrogens (tertiary/aromatic N) is 2. The third-order valence-corrected chi connectivity index (χ3v) is 5.47. The van der Waals surface area contributed by atoms with Crippen molar-refractivity contribution in [3.05, 3.63) is 29.8 Å². The summed E-state index contributed by atoms with van der Waals surface area (Å²) >= 11 is 0. The van der Waals surface area contributed by atoms with Crippen LogP contribution in [0.3, 0.4) is 0 Å². The number of rotatable bonds is 5. The molecule has 2 heterocycles. The van der Waals surface area contributed by atoms with E-state index in [9.17, 15) is 9.59 Å². The standard InChI is InChI=1S/C20H29N3O3/c1-15(17-7-3-4-8-18(17)26-2)12-19(24)22-10-5-6-16(14-22)23-11-9-21-13-20(23)25/h3-4,7-8,15-16,21H,5-6,9-14H2,1-2H3. The van der Waals surface area contributed by atoms with E-state index in [1.165, 1.54) is 0 Å². The summed E-state index contributed by atoms with van der Waals surface area (Å²) in [4.78, 5) is 28.9. The van der Waals surface area contributed by atoms with Crippen molar-refractivity contribution in [2.45, 2.75) is 38.1 Å². The molecule has 1 N–H and O–H groups in total. The van der Waals surface area contributed by atoms with Crippen molar-refractivity contribution in [1.29, 1.82) is 0 Å². The Balaban J connectivity index is 1.61. The average molecular weight is 359 g/mol. The number of piperazine rings is 1. The molecular weight excluding hydrogens is 330 g/mol. The molecule has 2 saturated heterocycles. The van der Waals surface area contributed by atoms with Crippen LogP contribution in [0.4, 0.5) is 0 Å². The van der Waals surface area contributed by atoms with Crippen LogP contribution >= 0.6 is 0 Å². The number of piperidine rings is 1. The summed E-state index contributed by atoms with van der Waals surface area (Å²) < 4.78 is 5.43. The zero-order valence-corrected chi connectivity index (χ0v) is 15.7. The lowest BCUT2D eigenvalue weighted by molar-refractivity contribution is -0.140. The Morgan fingerprint density at radius 3 is 2.92 bits per heavy atom. The van der Waals surface area contributed by atoms with E-state index in [1.54, 1.807) is 7.11 Å². The summed E-state index contributed by atoms with van der Waals surface area (Å²) in [5.41, 5.74) is 1.06. The third-order valence-electron chi connectivity index (χ3n) is 5.47. The van der Waals surface area contributed by atoms with Crippen LogP contribution in [0.5, 0.6) is 5.75 Å². The van der Waals surface area contributed by atoms with Crippen LogP contribution in [0.1, 0.15) is 37.7 Å². The molecule has 2 amide bonds. The maximum Gasteiger partial charge on any atom is 0.236 e. The highest BCUT2D eigenvalue weighted by Gasteiger charge is 2.32. The van der Waals surface area contributed by atoms with Gasteiger partial charge in [-0.1, -0.05) is 25.1 Å². The Kier molecular flexibility index (Phi) is 6.14. The first kappa shape index (κ1) is 18.7. The highest BCUT2D eigenvalue weighted by Crippen LogP contribution is 2.29. The molecule has 2 unspecified atom stereocenters. The van der Waals surface area contributed by atoms with Gasteiger partial charge in [-0.2, -0.15) is 0 Å². The van der Waals surface area contributed by atoms with Gasteiger partial charge in [0, 0.05) is 38.6 Å². The number of hydrogen-bond donors (Lipinski definition) is 1. The lowest BCUT2D eigenvalue weighted by Gasteiger charge is -2.41. The number of carbonyl (C=O) groups excluding carboxylic acids is 2. The number of ether oxygens (including phenoxy) is 1. The minimum absolute atomic E-state index is 0.0971. The topological polar surface area (TPSA) is 61.9 Å². The maximum absolute atomic E-state index is 12.9. The normalized spacial score (nSPS) is 22.2. The molecule has 0 radical (unpaired) electrons. The van der Waals surface area contributed by atoms with Crippen LogP contribution in [0.25, 0.3) is 0 Å². The van der Waals surface area contributed by atoms with Gasteiger partial charge in [-0.15, -0.1) is 0 Å². The molecule has 142 valence electrons. The monoisotopic (exact) mass is 359 g/mol. The Labute approximate surface area is 155 Å². The summed E-state index contributed by atoms with van der Waals surface area (Å²) in [7, 11) is 1.66. The second-order valence-electron chi connectivity index (χ2n) is 7.25. The molecule has 6 nitrogen and oxygen atoms in total. The molecule has 2 atom stereocenters. The quantitative estimate of drug-likeness (QED) is 0.868. The number of hydrogen-bond acceptors (Lipinski definition) is 4. The van der Waals surface area contributed by atoms with Crippen LogP contribution in [0.2, 0.25) is 0 Å². The van der Waals surface area contributed by atoms with Crippen LogP contribution in [-0.2, 0) is 9.59 Å². The van der Waals surface area contributed by atoms with Gasteiger partial charge in [0.15, 0.2) is 0 Å². The van der Waals surface area contributed by atoms with Crippen molar-refractivity contribution in [1.82, 2.24) is 15.1 Å². The molecular formula is C20H29N3O3. The smallest absolute Gasteiger partial charge is 0.236 e. The minimum Gasteiger partial charge on any atom is -0.496 e. The maximum atomic E-state index is 12.9. The first-order chi connectivity index (χ1) is 12.6. The van der Waals surface area contributed by atoms with Crippen molar-refractivity contribution in [2.24, 2.45) is 0 Å². The van der Waals surface area contributed by atoms with Crippen LogP contribution < -0.4 is 10.1 Å². The van der Waals surface area contributed by atoms with Gasteiger partial charge in [-0.3, -0.25) is 9.59 Å². The second kappa shape index (κ2) is 8.54. The molecule has 2 fully saturated rings. The SMILES string of the molecule is COc1ccccc1C(C)CC(=O)N1CCCC(N2CCNCC2=O)C1. The highest BCUT2D eigenvalue weighted by molar-refractivity contribution is 5.80. The van der Waals surface area contributed by atoms with Gasteiger partial charge in [0.25, 0.3) is 0 Å². The Morgan fingerprint density at radius 2 is 2.15 bits per heavy atom. The molecule has 2 aliphatic rings. The van der Waals surface area contributed by atoms with E-state index >= 15 is 0 Å². The van der Waals surface area contributed by atoms with Crippen molar-refractivity contribution < 1.29 is 14.3 Å². The predicted molar refractivity (Wildman–Crippen MR) is 100 cm³/mol. The zero-order valence-electron chi connectivity index (χ0n) is 15.7. The Hall–Kier alpha value is -2.08. The van der Waals surface area contributed by atoms with Crippen LogP contribution in [0, 0.1) is 0 Å². The van der Waals surface area contributed by atoms with Crippen LogP contribution in [0.15, 0.2) is 24.3 Å². The van der Waals surface area contributed by atoms with Gasteiger partial charge < -0.3 is 19.9 Å². The van der Waals surface area contributed by atoms with Crippen molar-refractivity contribution >= 4 is 11.8 Å². The predicted octanol–water partition coefficient (Wildman–Crippen LogP) is 1.61. The Morgan fingerprint density at radius 1 is 1.35 bits per heavy atom. The van der Waals surface area contributed by atoms with E-state index in [2.05, 4.69) is 12.2 Å². The molecule has 2 aliphatic heterocycles. The molecule has 6 heteroatoms. The van der Waals surface area contributed by atoms with Crippen molar-refractivity contribution in [2.75, 3.05) is 39.8 Å². The molecule has 3 rings (SSSR count). The molecule has 0 aromatic heterocycles. The van der Waals surface area contributed by atoms with Crippen molar-refractivity contribution in [3.8, 4) is 5.75 Å². The van der Waals surface area contributed by atoms with E-state index in [-0.39, 0.29) is 23.8 Å². The second-order valence-corrected chi connectivity index (χ2v) is 7.25. The number of benzene rings is 1. The number of para-hydroxylation sites is 1. The lowest BCUT2D eigenvalue weighted by atomic mass is 9.95. The molecule has 0 saturated carbocycles. The molecule has 0 spiro atoms. The number of likely N-dealkylation sites (tertiary alicyclic amines) is 1. The first-order valence-electron chi connectivity index (χ1n) is 9.51. The van der Waals surface area contributed by atoms with Gasteiger partial charge in [0.2, 0.25) is 11.8 Å². The van der Waals surface area contributed by atoms with Gasteiger partial charge in [-0.25, -0.2) is 0 Å². The Bertz CT molecular complexity index is 649. The van der Waals surface area contributed by atoms with E-state index in [0.29, 0.717) is 19.5 Å². The average Bonchev–Trinajstić information content (AvgIpc) is 2.68. The summed E-state index contributed by atoms with van der Waals surface area (Å²) in [5, 5.41) is 3.11. The van der Waals surface area contributed by atoms with E-state index < -0.39 is 0 Å². The van der Waals surface area contributed by atoms with E-state index in [4.69, 9.17) is 4.74 Å². The summed E-state index contributed by atoms with van der Waals surface area (Å²) in [5.74, 6) is 1.24.